The van der Waals surface area contributed by atoms with Gasteiger partial charge in [-0.3, -0.25) is 4.98 Å². The van der Waals surface area contributed by atoms with Crippen LogP contribution in [0.25, 0.3) is 11.1 Å². The topological polar surface area (TPSA) is 86.0 Å². The third-order valence-corrected chi connectivity index (χ3v) is 7.89. The van der Waals surface area contributed by atoms with Crippen LogP contribution in [0.3, 0.4) is 0 Å². The van der Waals surface area contributed by atoms with Crippen molar-refractivity contribution in [1.29, 1.82) is 0 Å². The van der Waals surface area contributed by atoms with Gasteiger partial charge in [0.2, 0.25) is 0 Å². The molecule has 0 fully saturated rings. The maximum Gasteiger partial charge on any atom is 0.422 e. The minimum atomic E-state index is -4.54. The molecule has 218 valence electrons. The highest BCUT2D eigenvalue weighted by atomic mass is 19.4. The van der Waals surface area contributed by atoms with Gasteiger partial charge in [0.25, 0.3) is 0 Å². The van der Waals surface area contributed by atoms with Crippen LogP contribution in [-0.2, 0) is 16.9 Å². The predicted octanol–water partition coefficient (Wildman–Crippen LogP) is -4.46. The van der Waals surface area contributed by atoms with Crippen LogP contribution in [0.1, 0.15) is 11.3 Å². The molecule has 0 spiro atoms. The summed E-state index contributed by atoms with van der Waals surface area (Å²) in [6, 6.07) is 4.10. The molecule has 20 heteroatoms. The van der Waals surface area contributed by atoms with Crippen molar-refractivity contribution in [1.82, 2.24) is 25.2 Å². The molecule has 0 amide bonds. The molecule has 2 heterocycles. The van der Waals surface area contributed by atoms with Crippen LogP contribution in [0.5, 0.6) is 5.75 Å². The van der Waals surface area contributed by atoms with Gasteiger partial charge in [-0.2, -0.15) is 22.0 Å². The fraction of sp³-hybridized carbons (Fsp3) is 0.217. The first kappa shape index (κ1) is 32.2. The molecular weight excluding hydrogens is 576 g/mol. The normalized spacial score (nSPS) is 14.0. The van der Waals surface area contributed by atoms with Crippen molar-refractivity contribution < 1.29 is 40.6 Å². The van der Waals surface area contributed by atoms with E-state index in [1.54, 1.807) is 31.4 Å². The molecule has 0 radical (unpaired) electrons. The molecule has 0 aliphatic heterocycles. The summed E-state index contributed by atoms with van der Waals surface area (Å²) in [6.45, 7) is -1.48. The number of nitrogens with zero attached hydrogens (tertiary/aromatic N) is 5. The summed E-state index contributed by atoms with van der Waals surface area (Å²) < 4.78 is 106. The number of aliphatic hydroxyl groups is 1. The van der Waals surface area contributed by atoms with Gasteiger partial charge in [0.15, 0.2) is 12.2 Å². The average molecular weight is 598 g/mol. The number of hydrogen-bond donors (Lipinski definition) is 1. The minimum Gasteiger partial charge on any atom is -0.485 e. The second kappa shape index (κ2) is 11.1. The van der Waals surface area contributed by atoms with E-state index in [1.807, 2.05) is 0 Å². The Balaban J connectivity index is 1.84. The minimum absolute atomic E-state index is 0.0726. The first-order chi connectivity index (χ1) is 19.8. The summed E-state index contributed by atoms with van der Waals surface area (Å²) in [5, 5.41) is 20.2. The number of tetrazole rings is 1. The van der Waals surface area contributed by atoms with Crippen LogP contribution in [0.2, 0.25) is 0 Å². The van der Waals surface area contributed by atoms with Gasteiger partial charge in [0.05, 0.1) is 0 Å². The van der Waals surface area contributed by atoms with Gasteiger partial charge in [-0.25, -0.2) is 13.5 Å². The Morgan fingerprint density at radius 1 is 0.884 bits per heavy atom. The van der Waals surface area contributed by atoms with E-state index in [4.69, 9.17) is 4.74 Å². The molecule has 0 aliphatic rings. The molecule has 1 atom stereocenters. The smallest absolute Gasteiger partial charge is 0.422 e. The number of alkyl halides is 5. The number of rotatable bonds is 8. The first-order valence-electron chi connectivity index (χ1n) is 12.9. The van der Waals surface area contributed by atoms with Gasteiger partial charge in [-0.15, -0.1) is 5.10 Å². The van der Waals surface area contributed by atoms with E-state index in [0.717, 1.165) is 51.1 Å². The molecule has 0 bridgehead atoms. The lowest BCUT2D eigenvalue weighted by molar-refractivity contribution is -0.220. The number of hydrogen-bond acceptors (Lipinski definition) is 6. The lowest BCUT2D eigenvalue weighted by Gasteiger charge is -2.47. The molecule has 1 unspecified atom stereocenters. The van der Waals surface area contributed by atoms with Crippen LogP contribution in [0, 0.1) is 11.6 Å². The van der Waals surface area contributed by atoms with Gasteiger partial charge in [-0.05, 0) is 33.7 Å². The molecule has 43 heavy (non-hydrogen) atoms. The van der Waals surface area contributed by atoms with E-state index >= 15 is 13.2 Å². The largest absolute Gasteiger partial charge is 0.485 e. The van der Waals surface area contributed by atoms with Crippen LogP contribution >= 0.6 is 0 Å². The Labute approximate surface area is 247 Å². The Kier molecular flexibility index (Phi) is 8.33. The molecule has 1 N–H and O–H groups in total. The van der Waals surface area contributed by atoms with Crippen LogP contribution < -0.4 is 26.6 Å². The molecule has 4 aromatic rings. The zero-order valence-corrected chi connectivity index (χ0v) is 24.0. The van der Waals surface area contributed by atoms with E-state index in [1.165, 1.54) is 6.07 Å². The number of pyridine rings is 1. The second-order valence-corrected chi connectivity index (χ2v) is 10.8. The maximum atomic E-state index is 16.6. The third-order valence-electron chi connectivity index (χ3n) is 7.89. The van der Waals surface area contributed by atoms with Gasteiger partial charge >= 0.3 is 12.1 Å². The van der Waals surface area contributed by atoms with Crippen LogP contribution in [-0.4, -0.2) is 90.2 Å². The molecule has 0 aliphatic carbocycles. The van der Waals surface area contributed by atoms with Gasteiger partial charge in [0, 0.05) is 23.2 Å². The standard InChI is InChI=1S/C23H22B6F7N5O2/c24-15-14(16(25)18(27)19(17(15)26)43-7-20(32,33)34)9-1-4-13(37-6-9)22(35,36)21(42,11-3-2-10(30)5-12(11)31)23(28,29)41-8-38-39-40-41/h1-6,8,42H,7,24-29H2. The van der Waals surface area contributed by atoms with E-state index in [2.05, 4.69) is 20.5 Å². The van der Waals surface area contributed by atoms with Crippen molar-refractivity contribution >= 4 is 68.9 Å². The third kappa shape index (κ3) is 5.45. The van der Waals surface area contributed by atoms with Gasteiger partial charge < -0.3 is 9.84 Å². The lowest BCUT2D eigenvalue weighted by Crippen LogP contribution is -2.63. The van der Waals surface area contributed by atoms with E-state index in [9.17, 15) is 22.7 Å². The maximum absolute atomic E-state index is 16.6. The summed E-state index contributed by atoms with van der Waals surface area (Å²) in [7, 11) is 8.82. The Bertz CT molecular complexity index is 1630. The van der Waals surface area contributed by atoms with Crippen molar-refractivity contribution in [3.8, 4) is 16.9 Å². The number of halogens is 7. The van der Waals surface area contributed by atoms with Crippen molar-refractivity contribution in [2.75, 3.05) is 6.61 Å². The lowest BCUT2D eigenvalue weighted by atomic mass is 9.49. The summed E-state index contributed by atoms with van der Waals surface area (Å²) >= 11 is 0. The Hall–Kier alpha value is -3.68. The fourth-order valence-corrected chi connectivity index (χ4v) is 5.24. The average Bonchev–Trinajstić information content (AvgIpc) is 3.47. The van der Waals surface area contributed by atoms with Crippen molar-refractivity contribution in [2.45, 2.75) is 23.0 Å². The predicted molar refractivity (Wildman–Crippen MR) is 161 cm³/mol. The Morgan fingerprint density at radius 3 is 2.00 bits per heavy atom. The second-order valence-electron chi connectivity index (χ2n) is 10.8. The number of ether oxygens (including phenoxy) is 1. The Morgan fingerprint density at radius 2 is 1.51 bits per heavy atom. The fourth-order valence-electron chi connectivity index (χ4n) is 5.24. The quantitative estimate of drug-likeness (QED) is 0.163. The molecule has 2 aromatic carbocycles. The van der Waals surface area contributed by atoms with E-state index in [0.29, 0.717) is 39.0 Å². The first-order valence-corrected chi connectivity index (χ1v) is 12.9. The number of benzene rings is 2. The number of aromatic nitrogens is 5. The van der Waals surface area contributed by atoms with Crippen LogP contribution in [0.15, 0.2) is 42.9 Å². The highest BCUT2D eigenvalue weighted by Gasteiger charge is 2.65. The van der Waals surface area contributed by atoms with Crippen molar-refractivity contribution in [3.63, 3.8) is 0 Å². The summed E-state index contributed by atoms with van der Waals surface area (Å²) in [5.41, 5.74) is -2.40. The molecule has 2 aromatic heterocycles. The van der Waals surface area contributed by atoms with Crippen LogP contribution in [0.4, 0.5) is 30.7 Å². The molecule has 0 saturated carbocycles. The summed E-state index contributed by atoms with van der Waals surface area (Å²) in [4.78, 5) is 3.95. The van der Waals surface area contributed by atoms with E-state index < -0.39 is 52.5 Å². The molecule has 4 rings (SSSR count). The van der Waals surface area contributed by atoms with Gasteiger partial charge in [0.1, 0.15) is 76.5 Å². The summed E-state index contributed by atoms with van der Waals surface area (Å²) in [5.74, 6) is -6.71. The highest BCUT2D eigenvalue weighted by Crippen LogP contribution is 2.52. The monoisotopic (exact) mass is 599 g/mol. The molecule has 7 nitrogen and oxygen atoms in total. The zero-order chi connectivity index (χ0) is 32.1. The SMILES string of the molecule is Bc1c(B)c(-c2ccc(C(F)(F)C(O)(c3ccc(F)cc3F)C(B)(B)n3cnnn3)nc2)c(B)c(B)c1OCC(F)(F)F. The van der Waals surface area contributed by atoms with Crippen molar-refractivity contribution in [3.05, 3.63) is 65.7 Å². The zero-order valence-electron chi connectivity index (χ0n) is 24.0. The van der Waals surface area contributed by atoms with Crippen molar-refractivity contribution in [2.24, 2.45) is 0 Å². The van der Waals surface area contributed by atoms with E-state index in [-0.39, 0.29) is 5.75 Å². The summed E-state index contributed by atoms with van der Waals surface area (Å²) in [6.07, 6.45) is -2.45. The highest BCUT2D eigenvalue weighted by molar-refractivity contribution is 6.61. The molecular formula is C23H22B6F7N5O2. The van der Waals surface area contributed by atoms with Gasteiger partial charge in [-0.1, -0.05) is 34.0 Å². The molecule has 0 saturated heterocycles.